The van der Waals surface area contributed by atoms with Crippen LogP contribution in [0.5, 0.6) is 0 Å². The van der Waals surface area contributed by atoms with Crippen molar-refractivity contribution in [1.82, 2.24) is 14.1 Å². The molecule has 9 aromatic rings. The SMILES string of the molecule is c1ccc(-c2cccc(-n3c4ccc(-c5ccc6c7ccccc7n(-c7ccccc7)c6c5)cc4c4cccnc43)c2)cc1. The van der Waals surface area contributed by atoms with Crippen LogP contribution in [0.1, 0.15) is 0 Å². The molecule has 206 valence electrons. The maximum atomic E-state index is 4.87. The zero-order chi connectivity index (χ0) is 29.0. The second kappa shape index (κ2) is 9.82. The number of para-hydroxylation sites is 2. The van der Waals surface area contributed by atoms with Crippen molar-refractivity contribution in [3.8, 4) is 33.6 Å². The van der Waals surface area contributed by atoms with Crippen molar-refractivity contribution < 1.29 is 0 Å². The van der Waals surface area contributed by atoms with Crippen LogP contribution in [0.4, 0.5) is 0 Å². The van der Waals surface area contributed by atoms with E-state index < -0.39 is 0 Å². The van der Waals surface area contributed by atoms with Gasteiger partial charge in [-0.2, -0.15) is 0 Å². The van der Waals surface area contributed by atoms with Gasteiger partial charge in [-0.05, 0) is 82.9 Å². The van der Waals surface area contributed by atoms with E-state index >= 15 is 0 Å². The van der Waals surface area contributed by atoms with Crippen LogP contribution in [0.15, 0.2) is 164 Å². The summed E-state index contributed by atoms with van der Waals surface area (Å²) in [7, 11) is 0. The Hall–Kier alpha value is -5.93. The van der Waals surface area contributed by atoms with Gasteiger partial charge >= 0.3 is 0 Å². The first-order valence-electron chi connectivity index (χ1n) is 15.0. The molecule has 0 amide bonds. The first-order valence-corrected chi connectivity index (χ1v) is 15.0. The van der Waals surface area contributed by atoms with Crippen molar-refractivity contribution in [3.63, 3.8) is 0 Å². The minimum Gasteiger partial charge on any atom is -0.309 e. The summed E-state index contributed by atoms with van der Waals surface area (Å²) < 4.78 is 4.67. The summed E-state index contributed by atoms with van der Waals surface area (Å²) in [6, 6.07) is 56.5. The topological polar surface area (TPSA) is 22.8 Å². The van der Waals surface area contributed by atoms with Gasteiger partial charge in [0.1, 0.15) is 5.65 Å². The van der Waals surface area contributed by atoms with E-state index in [1.165, 1.54) is 49.4 Å². The maximum absolute atomic E-state index is 4.87. The van der Waals surface area contributed by atoms with Gasteiger partial charge in [-0.1, -0.05) is 97.1 Å². The Bertz CT molecular complexity index is 2480. The fourth-order valence-corrected chi connectivity index (χ4v) is 6.75. The first kappa shape index (κ1) is 24.6. The molecule has 0 saturated carbocycles. The van der Waals surface area contributed by atoms with Gasteiger partial charge in [0.2, 0.25) is 0 Å². The number of benzene rings is 6. The van der Waals surface area contributed by atoms with Crippen LogP contribution in [-0.4, -0.2) is 14.1 Å². The normalized spacial score (nSPS) is 11.6. The molecular formula is C41H27N3. The van der Waals surface area contributed by atoms with Crippen molar-refractivity contribution in [2.75, 3.05) is 0 Å². The minimum absolute atomic E-state index is 0.963. The van der Waals surface area contributed by atoms with Crippen molar-refractivity contribution in [2.24, 2.45) is 0 Å². The highest BCUT2D eigenvalue weighted by Crippen LogP contribution is 2.38. The number of hydrogen-bond acceptors (Lipinski definition) is 1. The van der Waals surface area contributed by atoms with E-state index in [1.807, 2.05) is 12.3 Å². The Morgan fingerprint density at radius 3 is 1.86 bits per heavy atom. The Kier molecular flexibility index (Phi) is 5.50. The van der Waals surface area contributed by atoms with Crippen LogP contribution in [0.25, 0.3) is 77.4 Å². The number of hydrogen-bond donors (Lipinski definition) is 0. The van der Waals surface area contributed by atoms with Gasteiger partial charge in [-0.15, -0.1) is 0 Å². The monoisotopic (exact) mass is 561 g/mol. The molecule has 6 aromatic carbocycles. The lowest BCUT2D eigenvalue weighted by Crippen LogP contribution is -1.95. The molecule has 0 aliphatic rings. The zero-order valence-corrected chi connectivity index (χ0v) is 23.9. The van der Waals surface area contributed by atoms with Crippen LogP contribution in [0.2, 0.25) is 0 Å². The zero-order valence-electron chi connectivity index (χ0n) is 23.9. The molecular weight excluding hydrogens is 534 g/mol. The lowest BCUT2D eigenvalue weighted by atomic mass is 10.0. The molecule has 0 bridgehead atoms. The quantitative estimate of drug-likeness (QED) is 0.210. The predicted octanol–water partition coefficient (Wildman–Crippen LogP) is 10.6. The maximum Gasteiger partial charge on any atom is 0.145 e. The summed E-state index contributed by atoms with van der Waals surface area (Å²) >= 11 is 0. The molecule has 0 spiro atoms. The van der Waals surface area contributed by atoms with Crippen LogP contribution >= 0.6 is 0 Å². The van der Waals surface area contributed by atoms with E-state index in [4.69, 9.17) is 4.98 Å². The second-order valence-corrected chi connectivity index (χ2v) is 11.3. The fraction of sp³-hybridized carbons (Fsp3) is 0. The smallest absolute Gasteiger partial charge is 0.145 e. The highest BCUT2D eigenvalue weighted by atomic mass is 15.0. The number of rotatable bonds is 4. The van der Waals surface area contributed by atoms with E-state index in [0.29, 0.717) is 0 Å². The molecule has 0 aliphatic heterocycles. The third-order valence-electron chi connectivity index (χ3n) is 8.76. The van der Waals surface area contributed by atoms with E-state index in [0.717, 1.165) is 27.9 Å². The summed E-state index contributed by atoms with van der Waals surface area (Å²) in [6.07, 6.45) is 1.88. The van der Waals surface area contributed by atoms with Crippen LogP contribution in [0.3, 0.4) is 0 Å². The predicted molar refractivity (Wildman–Crippen MR) is 184 cm³/mol. The molecule has 0 aliphatic carbocycles. The summed E-state index contributed by atoms with van der Waals surface area (Å²) in [5, 5.41) is 4.86. The highest BCUT2D eigenvalue weighted by molar-refractivity contribution is 6.11. The lowest BCUT2D eigenvalue weighted by molar-refractivity contribution is 1.14. The number of pyridine rings is 1. The summed E-state index contributed by atoms with van der Waals surface area (Å²) in [5.74, 6) is 0. The third-order valence-corrected chi connectivity index (χ3v) is 8.76. The van der Waals surface area contributed by atoms with Gasteiger partial charge in [-0.3, -0.25) is 4.57 Å². The molecule has 3 nitrogen and oxygen atoms in total. The average Bonchev–Trinajstić information content (AvgIpc) is 3.61. The van der Waals surface area contributed by atoms with Crippen molar-refractivity contribution in [1.29, 1.82) is 0 Å². The molecule has 0 radical (unpaired) electrons. The van der Waals surface area contributed by atoms with E-state index in [2.05, 4.69) is 161 Å². The number of nitrogens with zero attached hydrogens (tertiary/aromatic N) is 3. The Balaban J connectivity index is 1.24. The molecule has 0 saturated heterocycles. The number of fused-ring (bicyclic) bond motifs is 6. The molecule has 0 atom stereocenters. The van der Waals surface area contributed by atoms with Crippen LogP contribution in [0, 0.1) is 0 Å². The van der Waals surface area contributed by atoms with Gasteiger partial charge in [0.25, 0.3) is 0 Å². The van der Waals surface area contributed by atoms with Gasteiger partial charge in [0.15, 0.2) is 0 Å². The van der Waals surface area contributed by atoms with Gasteiger partial charge in [-0.25, -0.2) is 4.98 Å². The lowest BCUT2D eigenvalue weighted by Gasteiger charge is -2.11. The number of aromatic nitrogens is 3. The molecule has 3 heteroatoms. The van der Waals surface area contributed by atoms with Gasteiger partial charge < -0.3 is 4.57 Å². The second-order valence-electron chi connectivity index (χ2n) is 11.3. The standard InChI is InChI=1S/C41H27N3/c1-3-11-28(12-4-1)29-13-9-16-33(25-29)44-39-23-21-30(26-37(39)36-18-10-24-42-41(36)44)31-20-22-35-34-17-7-8-19-38(34)43(40(35)27-31)32-14-5-2-6-15-32/h1-27H. The molecule has 0 N–H and O–H groups in total. The molecule has 9 rings (SSSR count). The fourth-order valence-electron chi connectivity index (χ4n) is 6.75. The summed E-state index contributed by atoms with van der Waals surface area (Å²) in [4.78, 5) is 4.87. The summed E-state index contributed by atoms with van der Waals surface area (Å²) in [5.41, 5.74) is 11.6. The van der Waals surface area contributed by atoms with Crippen molar-refractivity contribution >= 4 is 43.7 Å². The van der Waals surface area contributed by atoms with Crippen molar-refractivity contribution in [2.45, 2.75) is 0 Å². The van der Waals surface area contributed by atoms with E-state index in [-0.39, 0.29) is 0 Å². The first-order chi connectivity index (χ1) is 21.8. The average molecular weight is 562 g/mol. The molecule has 3 heterocycles. The third kappa shape index (κ3) is 3.80. The molecule has 0 unspecified atom stereocenters. The minimum atomic E-state index is 0.963. The van der Waals surface area contributed by atoms with Crippen molar-refractivity contribution in [3.05, 3.63) is 164 Å². The Morgan fingerprint density at radius 1 is 0.341 bits per heavy atom. The Morgan fingerprint density at radius 2 is 0.977 bits per heavy atom. The van der Waals surface area contributed by atoms with Gasteiger partial charge in [0, 0.05) is 39.1 Å². The molecule has 3 aromatic heterocycles. The van der Waals surface area contributed by atoms with E-state index in [1.54, 1.807) is 0 Å². The Labute approximate surface area is 254 Å². The molecule has 0 fully saturated rings. The highest BCUT2D eigenvalue weighted by Gasteiger charge is 2.16. The van der Waals surface area contributed by atoms with Crippen LogP contribution < -0.4 is 0 Å². The largest absolute Gasteiger partial charge is 0.309 e. The van der Waals surface area contributed by atoms with Crippen LogP contribution in [-0.2, 0) is 0 Å². The van der Waals surface area contributed by atoms with E-state index in [9.17, 15) is 0 Å². The summed E-state index contributed by atoms with van der Waals surface area (Å²) in [6.45, 7) is 0. The van der Waals surface area contributed by atoms with Gasteiger partial charge in [0.05, 0.1) is 16.6 Å². The molecule has 44 heavy (non-hydrogen) atoms.